The second-order valence-electron chi connectivity index (χ2n) is 7.85. The molecule has 2 aliphatic heterocycles. The summed E-state index contributed by atoms with van der Waals surface area (Å²) in [5.74, 6) is 1.99. The monoisotopic (exact) mass is 344 g/mol. The number of pyridine rings is 1. The molecule has 2 saturated heterocycles. The number of nitrogens with zero attached hydrogens (tertiary/aromatic N) is 2. The van der Waals surface area contributed by atoms with Crippen LogP contribution in [0.2, 0.25) is 0 Å². The zero-order valence-electron chi connectivity index (χ0n) is 15.0. The molecular formula is C20H28N2O3. The number of carbonyl (C=O) groups excluding carboxylic acids is 1. The maximum absolute atomic E-state index is 12.3. The molecule has 136 valence electrons. The number of aromatic nitrogens is 1. The van der Waals surface area contributed by atoms with Crippen molar-refractivity contribution in [1.82, 2.24) is 9.88 Å². The molecule has 1 amide bonds. The molecule has 5 nitrogen and oxygen atoms in total. The van der Waals surface area contributed by atoms with Gasteiger partial charge in [0.15, 0.2) is 0 Å². The van der Waals surface area contributed by atoms with Gasteiger partial charge < -0.3 is 14.4 Å². The van der Waals surface area contributed by atoms with Gasteiger partial charge in [0, 0.05) is 37.7 Å². The van der Waals surface area contributed by atoms with Crippen LogP contribution in [0.15, 0.2) is 18.2 Å². The highest BCUT2D eigenvalue weighted by molar-refractivity contribution is 5.77. The third-order valence-electron chi connectivity index (χ3n) is 5.78. The van der Waals surface area contributed by atoms with Crippen molar-refractivity contribution in [3.05, 3.63) is 29.6 Å². The topological polar surface area (TPSA) is 51.7 Å². The molecule has 1 aromatic rings. The first-order valence-corrected chi connectivity index (χ1v) is 9.58. The van der Waals surface area contributed by atoms with Gasteiger partial charge in [-0.2, -0.15) is 0 Å². The molecule has 3 aliphatic rings. The maximum Gasteiger partial charge on any atom is 0.222 e. The highest BCUT2D eigenvalue weighted by Gasteiger charge is 2.45. The first kappa shape index (κ1) is 17.0. The van der Waals surface area contributed by atoms with Crippen LogP contribution in [-0.2, 0) is 20.9 Å². The SMILES string of the molecule is Cc1cccc(COCC[C@H]2CO[C@H]3CN(C(=O)CC4CC4)C[C@@H]23)n1. The summed E-state index contributed by atoms with van der Waals surface area (Å²) in [6, 6.07) is 6.01. The van der Waals surface area contributed by atoms with Crippen LogP contribution in [-0.4, -0.2) is 48.2 Å². The fourth-order valence-corrected chi connectivity index (χ4v) is 4.09. The summed E-state index contributed by atoms with van der Waals surface area (Å²) in [6.07, 6.45) is 4.46. The summed E-state index contributed by atoms with van der Waals surface area (Å²) in [6.45, 7) is 5.77. The highest BCUT2D eigenvalue weighted by atomic mass is 16.5. The molecule has 3 heterocycles. The summed E-state index contributed by atoms with van der Waals surface area (Å²) in [5, 5.41) is 0. The van der Waals surface area contributed by atoms with Crippen molar-refractivity contribution >= 4 is 5.91 Å². The Kier molecular flexibility index (Phi) is 5.04. The van der Waals surface area contributed by atoms with Crippen molar-refractivity contribution < 1.29 is 14.3 Å². The van der Waals surface area contributed by atoms with E-state index in [9.17, 15) is 4.79 Å². The summed E-state index contributed by atoms with van der Waals surface area (Å²) in [7, 11) is 0. The van der Waals surface area contributed by atoms with Crippen LogP contribution in [0.4, 0.5) is 0 Å². The molecular weight excluding hydrogens is 316 g/mol. The fourth-order valence-electron chi connectivity index (χ4n) is 4.09. The van der Waals surface area contributed by atoms with E-state index in [0.29, 0.717) is 30.3 Å². The summed E-state index contributed by atoms with van der Waals surface area (Å²) >= 11 is 0. The van der Waals surface area contributed by atoms with Gasteiger partial charge in [0.05, 0.1) is 25.0 Å². The van der Waals surface area contributed by atoms with Crippen molar-refractivity contribution in [1.29, 1.82) is 0 Å². The lowest BCUT2D eigenvalue weighted by Crippen LogP contribution is -2.31. The molecule has 0 N–H and O–H groups in total. The van der Waals surface area contributed by atoms with E-state index < -0.39 is 0 Å². The number of carbonyl (C=O) groups is 1. The number of ether oxygens (including phenoxy) is 2. The maximum atomic E-state index is 12.3. The smallest absolute Gasteiger partial charge is 0.222 e. The van der Waals surface area contributed by atoms with Gasteiger partial charge in [-0.05, 0) is 50.2 Å². The van der Waals surface area contributed by atoms with E-state index in [1.54, 1.807) is 0 Å². The standard InChI is InChI=1S/C20H28N2O3/c1-14-3-2-4-17(21-14)13-24-8-7-16-12-25-19-11-22(10-18(16)19)20(23)9-15-5-6-15/h2-4,15-16,18-19H,5-13H2,1H3/t16-,18-,19-/m0/s1. The number of rotatable bonds is 7. The minimum Gasteiger partial charge on any atom is -0.376 e. The molecule has 0 spiro atoms. The Labute approximate surface area is 149 Å². The van der Waals surface area contributed by atoms with E-state index in [1.165, 1.54) is 12.8 Å². The number of aryl methyl sites for hydroxylation is 1. The second kappa shape index (κ2) is 7.42. The van der Waals surface area contributed by atoms with Gasteiger partial charge in [-0.25, -0.2) is 0 Å². The van der Waals surface area contributed by atoms with E-state index in [4.69, 9.17) is 9.47 Å². The van der Waals surface area contributed by atoms with Crippen LogP contribution in [0.5, 0.6) is 0 Å². The Hall–Kier alpha value is -1.46. The molecule has 1 aliphatic carbocycles. The van der Waals surface area contributed by atoms with Gasteiger partial charge in [-0.15, -0.1) is 0 Å². The largest absolute Gasteiger partial charge is 0.376 e. The average molecular weight is 344 g/mol. The van der Waals surface area contributed by atoms with E-state index in [0.717, 1.165) is 50.5 Å². The third-order valence-corrected chi connectivity index (χ3v) is 5.78. The highest BCUT2D eigenvalue weighted by Crippen LogP contribution is 2.38. The number of likely N-dealkylation sites (tertiary alicyclic amines) is 1. The molecule has 4 rings (SSSR count). The van der Waals surface area contributed by atoms with Crippen LogP contribution in [0.1, 0.15) is 37.1 Å². The molecule has 5 heteroatoms. The molecule has 25 heavy (non-hydrogen) atoms. The first-order valence-electron chi connectivity index (χ1n) is 9.58. The lowest BCUT2D eigenvalue weighted by Gasteiger charge is -2.20. The Bertz CT molecular complexity index is 617. The third kappa shape index (κ3) is 4.21. The normalized spacial score (nSPS) is 28.4. The second-order valence-corrected chi connectivity index (χ2v) is 7.85. The summed E-state index contributed by atoms with van der Waals surface area (Å²) in [4.78, 5) is 18.8. The fraction of sp³-hybridized carbons (Fsp3) is 0.700. The first-order chi connectivity index (χ1) is 12.2. The molecule has 0 aromatic carbocycles. The number of fused-ring (bicyclic) bond motifs is 1. The van der Waals surface area contributed by atoms with Crippen LogP contribution < -0.4 is 0 Å². The minimum absolute atomic E-state index is 0.242. The van der Waals surface area contributed by atoms with Gasteiger partial charge in [0.2, 0.25) is 5.91 Å². The van der Waals surface area contributed by atoms with Crippen molar-refractivity contribution in [2.24, 2.45) is 17.8 Å². The van der Waals surface area contributed by atoms with Crippen LogP contribution >= 0.6 is 0 Å². The molecule has 3 fully saturated rings. The Morgan fingerprint density at radius 1 is 1.36 bits per heavy atom. The van der Waals surface area contributed by atoms with Crippen LogP contribution in [0.3, 0.4) is 0 Å². The number of hydrogen-bond donors (Lipinski definition) is 0. The van der Waals surface area contributed by atoms with Crippen molar-refractivity contribution in [2.75, 3.05) is 26.3 Å². The average Bonchev–Trinajstić information content (AvgIpc) is 3.17. The van der Waals surface area contributed by atoms with E-state index in [1.807, 2.05) is 30.0 Å². The van der Waals surface area contributed by atoms with Crippen molar-refractivity contribution in [2.45, 2.75) is 45.3 Å². The predicted molar refractivity (Wildman–Crippen MR) is 93.9 cm³/mol. The zero-order valence-corrected chi connectivity index (χ0v) is 15.0. The lowest BCUT2D eigenvalue weighted by atomic mass is 9.91. The molecule has 1 saturated carbocycles. The van der Waals surface area contributed by atoms with E-state index >= 15 is 0 Å². The molecule has 0 radical (unpaired) electrons. The van der Waals surface area contributed by atoms with Gasteiger partial charge in [-0.1, -0.05) is 6.07 Å². The molecule has 1 aromatic heterocycles. The van der Waals surface area contributed by atoms with Crippen molar-refractivity contribution in [3.63, 3.8) is 0 Å². The number of amides is 1. The van der Waals surface area contributed by atoms with Gasteiger partial charge in [-0.3, -0.25) is 9.78 Å². The van der Waals surface area contributed by atoms with Gasteiger partial charge >= 0.3 is 0 Å². The number of hydrogen-bond acceptors (Lipinski definition) is 4. The summed E-state index contributed by atoms with van der Waals surface area (Å²) in [5.41, 5.74) is 2.01. The van der Waals surface area contributed by atoms with Gasteiger partial charge in [0.25, 0.3) is 0 Å². The molecule has 0 bridgehead atoms. The molecule has 3 atom stereocenters. The van der Waals surface area contributed by atoms with Crippen LogP contribution in [0, 0.1) is 24.7 Å². The Balaban J connectivity index is 1.20. The van der Waals surface area contributed by atoms with E-state index in [-0.39, 0.29) is 6.10 Å². The summed E-state index contributed by atoms with van der Waals surface area (Å²) < 4.78 is 11.8. The Morgan fingerprint density at radius 3 is 3.04 bits per heavy atom. The van der Waals surface area contributed by atoms with Crippen LogP contribution in [0.25, 0.3) is 0 Å². The molecule has 0 unspecified atom stereocenters. The zero-order chi connectivity index (χ0) is 17.2. The predicted octanol–water partition coefficient (Wildman–Crippen LogP) is 2.57. The van der Waals surface area contributed by atoms with E-state index in [2.05, 4.69) is 4.98 Å². The van der Waals surface area contributed by atoms with Gasteiger partial charge in [0.1, 0.15) is 0 Å². The minimum atomic E-state index is 0.242. The Morgan fingerprint density at radius 2 is 2.24 bits per heavy atom. The lowest BCUT2D eigenvalue weighted by molar-refractivity contribution is -0.131. The quantitative estimate of drug-likeness (QED) is 0.714. The van der Waals surface area contributed by atoms with Crippen molar-refractivity contribution in [3.8, 4) is 0 Å².